The fourth-order valence-electron chi connectivity index (χ4n) is 0.937. The molecule has 1 heterocycles. The Hall–Kier alpha value is -0.960. The molecule has 78 valence electrons. The van der Waals surface area contributed by atoms with Crippen molar-refractivity contribution in [2.45, 2.75) is 26.2 Å². The molecule has 0 saturated carbocycles. The first kappa shape index (κ1) is 12.1. The third-order valence-corrected chi connectivity index (χ3v) is 2.23. The molecule has 0 aliphatic rings. The zero-order chi connectivity index (χ0) is 11.1. The summed E-state index contributed by atoms with van der Waals surface area (Å²) in [5.74, 6) is 6.69. The normalized spacial score (nSPS) is 9.20. The number of carbonyl (C=O) groups is 1. The summed E-state index contributed by atoms with van der Waals surface area (Å²) in [7, 11) is 0. The van der Waals surface area contributed by atoms with E-state index in [1.54, 1.807) is 35.0 Å². The summed E-state index contributed by atoms with van der Waals surface area (Å²) in [5.41, 5.74) is 0.821. The van der Waals surface area contributed by atoms with Gasteiger partial charge in [0.2, 0.25) is 0 Å². The number of rotatable bonds is 3. The average molecular weight is 314 g/mol. The molecule has 0 aliphatic carbocycles. The van der Waals surface area contributed by atoms with E-state index in [0.717, 1.165) is 24.2 Å². The van der Waals surface area contributed by atoms with Crippen LogP contribution in [-0.4, -0.2) is 13.8 Å². The lowest BCUT2D eigenvalue weighted by molar-refractivity contribution is -0.109. The lowest BCUT2D eigenvalue weighted by Gasteiger charge is -1.90. The van der Waals surface area contributed by atoms with Gasteiger partial charge in [-0.3, -0.25) is 4.79 Å². The van der Waals surface area contributed by atoms with Gasteiger partial charge >= 0.3 is 0 Å². The van der Waals surface area contributed by atoms with Crippen LogP contribution in [0.5, 0.6) is 0 Å². The molecule has 0 bridgehead atoms. The lowest BCUT2D eigenvalue weighted by atomic mass is 10.2. The molecule has 0 unspecified atom stereocenters. The molecule has 15 heavy (non-hydrogen) atoms. The second-order valence-corrected chi connectivity index (χ2v) is 4.23. The molecule has 0 fully saturated rings. The van der Waals surface area contributed by atoms with Crippen molar-refractivity contribution in [3.05, 3.63) is 23.8 Å². The molecule has 3 nitrogen and oxygen atoms in total. The summed E-state index contributed by atoms with van der Waals surface area (Å²) in [6.07, 6.45) is 5.57. The maximum absolute atomic E-state index is 10.6. The first-order valence-corrected chi connectivity index (χ1v) is 5.72. The van der Waals surface area contributed by atoms with Crippen molar-refractivity contribution in [2.24, 2.45) is 0 Å². The maximum atomic E-state index is 10.6. The fraction of sp³-hybridized carbons (Fsp3) is 0.364. The predicted octanol–water partition coefficient (Wildman–Crippen LogP) is 2.27. The Labute approximate surface area is 103 Å². The van der Waals surface area contributed by atoms with E-state index >= 15 is 0 Å². The highest BCUT2D eigenvalue weighted by Gasteiger charge is 1.92. The van der Waals surface area contributed by atoms with Gasteiger partial charge < -0.3 is 0 Å². The van der Waals surface area contributed by atoms with Gasteiger partial charge in [0.05, 0.1) is 5.56 Å². The Morgan fingerprint density at radius 3 is 2.73 bits per heavy atom. The van der Waals surface area contributed by atoms with Gasteiger partial charge in [-0.1, -0.05) is 11.8 Å². The number of unbranched alkanes of at least 4 members (excludes halogenated alkanes) is 1. The lowest BCUT2D eigenvalue weighted by Crippen LogP contribution is -1.87. The number of hydrogen-bond acceptors (Lipinski definition) is 3. The van der Waals surface area contributed by atoms with Crippen molar-refractivity contribution >= 4 is 26.4 Å². The third-order valence-electron chi connectivity index (χ3n) is 1.69. The molecule has 0 aliphatic heterocycles. The Morgan fingerprint density at radius 2 is 2.13 bits per heavy atom. The first-order chi connectivity index (χ1) is 7.18. The number of hydrogen-bond donors (Lipinski definition) is 0. The molecule has 1 rings (SSSR count). The molecule has 0 N–H and O–H groups in total. The molecular formula is C11H11IN2O. The molecule has 0 amide bonds. The summed E-state index contributed by atoms with van der Waals surface area (Å²) >= 11 is 1.80. The van der Waals surface area contributed by atoms with Crippen LogP contribution in [0.15, 0.2) is 12.4 Å². The van der Waals surface area contributed by atoms with Gasteiger partial charge in [0.15, 0.2) is 3.79 Å². The second kappa shape index (κ2) is 6.51. The number of aromatic nitrogens is 2. The topological polar surface area (TPSA) is 42.9 Å². The SMILES string of the molecule is Cc1ncc(C#CCCCC(=O)I)cn1. The molecule has 4 heteroatoms. The van der Waals surface area contributed by atoms with Crippen LogP contribution < -0.4 is 0 Å². The minimum absolute atomic E-state index is 0.188. The zero-order valence-corrected chi connectivity index (χ0v) is 10.6. The van der Waals surface area contributed by atoms with E-state index in [9.17, 15) is 4.79 Å². The molecule has 0 aromatic carbocycles. The van der Waals surface area contributed by atoms with Crippen molar-refractivity contribution in [3.8, 4) is 11.8 Å². The van der Waals surface area contributed by atoms with Crippen molar-refractivity contribution in [3.63, 3.8) is 0 Å². The van der Waals surface area contributed by atoms with Gasteiger partial charge in [-0.2, -0.15) is 0 Å². The van der Waals surface area contributed by atoms with Crippen LogP contribution >= 0.6 is 22.6 Å². The molecule has 0 saturated heterocycles. The van der Waals surface area contributed by atoms with Crippen LogP contribution in [0, 0.1) is 18.8 Å². The van der Waals surface area contributed by atoms with Crippen molar-refractivity contribution < 1.29 is 4.79 Å². The van der Waals surface area contributed by atoms with Gasteiger partial charge in [0, 0.05) is 25.2 Å². The van der Waals surface area contributed by atoms with Gasteiger partial charge in [-0.15, -0.1) is 0 Å². The van der Waals surface area contributed by atoms with E-state index in [4.69, 9.17) is 0 Å². The van der Waals surface area contributed by atoms with Gasteiger partial charge in [0.25, 0.3) is 0 Å². The standard InChI is InChI=1S/C11H11IN2O/c1-9-13-7-10(8-14-9)5-3-2-4-6-11(12)15/h7-8H,2,4,6H2,1H3. The van der Waals surface area contributed by atoms with E-state index in [1.807, 2.05) is 6.92 Å². The van der Waals surface area contributed by atoms with Gasteiger partial charge in [-0.05, 0) is 35.9 Å². The predicted molar refractivity (Wildman–Crippen MR) is 66.5 cm³/mol. The van der Waals surface area contributed by atoms with Crippen LogP contribution in [0.3, 0.4) is 0 Å². The maximum Gasteiger partial charge on any atom is 0.192 e. The van der Waals surface area contributed by atoms with Crippen LogP contribution in [0.2, 0.25) is 0 Å². The molecular weight excluding hydrogens is 303 g/mol. The smallest absolute Gasteiger partial charge is 0.192 e. The van der Waals surface area contributed by atoms with Gasteiger partial charge in [-0.25, -0.2) is 9.97 Å². The van der Waals surface area contributed by atoms with E-state index in [1.165, 1.54) is 0 Å². The molecule has 1 aromatic heterocycles. The molecule has 1 aromatic rings. The Kier molecular flexibility index (Phi) is 5.26. The minimum atomic E-state index is 0.188. The van der Waals surface area contributed by atoms with Crippen LogP contribution in [0.4, 0.5) is 0 Å². The van der Waals surface area contributed by atoms with Crippen molar-refractivity contribution in [1.29, 1.82) is 0 Å². The third kappa shape index (κ3) is 5.47. The highest BCUT2D eigenvalue weighted by Crippen LogP contribution is 2.00. The van der Waals surface area contributed by atoms with Crippen molar-refractivity contribution in [1.82, 2.24) is 9.97 Å². The quantitative estimate of drug-likeness (QED) is 0.372. The largest absolute Gasteiger partial charge is 0.288 e. The van der Waals surface area contributed by atoms with Crippen molar-refractivity contribution in [2.75, 3.05) is 0 Å². The monoisotopic (exact) mass is 314 g/mol. The Morgan fingerprint density at radius 1 is 1.47 bits per heavy atom. The molecule has 0 radical (unpaired) electrons. The minimum Gasteiger partial charge on any atom is -0.288 e. The summed E-state index contributed by atoms with van der Waals surface area (Å²) in [5, 5.41) is 0. The number of halogens is 1. The Balaban J connectivity index is 2.38. The number of carbonyl (C=O) groups excluding carboxylic acids is 1. The highest BCUT2D eigenvalue weighted by atomic mass is 127. The fourth-order valence-corrected chi connectivity index (χ4v) is 1.32. The summed E-state index contributed by atoms with van der Waals surface area (Å²) < 4.78 is 0.188. The van der Waals surface area contributed by atoms with E-state index < -0.39 is 0 Å². The Bertz CT molecular complexity index is 389. The number of aryl methyl sites for hydroxylation is 1. The summed E-state index contributed by atoms with van der Waals surface area (Å²) in [4.78, 5) is 18.7. The van der Waals surface area contributed by atoms with Crippen LogP contribution in [0.25, 0.3) is 0 Å². The average Bonchev–Trinajstić information content (AvgIpc) is 2.20. The molecule has 0 spiro atoms. The van der Waals surface area contributed by atoms with E-state index in [-0.39, 0.29) is 3.79 Å². The van der Waals surface area contributed by atoms with E-state index in [2.05, 4.69) is 21.8 Å². The van der Waals surface area contributed by atoms with E-state index in [0.29, 0.717) is 6.42 Å². The summed E-state index contributed by atoms with van der Waals surface area (Å²) in [6.45, 7) is 1.84. The van der Waals surface area contributed by atoms with Gasteiger partial charge in [0.1, 0.15) is 5.82 Å². The highest BCUT2D eigenvalue weighted by molar-refractivity contribution is 14.1. The van der Waals surface area contributed by atoms with Crippen LogP contribution in [-0.2, 0) is 4.79 Å². The molecule has 0 atom stereocenters. The summed E-state index contributed by atoms with van der Waals surface area (Å²) in [6, 6.07) is 0. The van der Waals surface area contributed by atoms with Crippen LogP contribution in [0.1, 0.15) is 30.7 Å². The number of nitrogens with zero attached hydrogens (tertiary/aromatic N) is 2. The second-order valence-electron chi connectivity index (χ2n) is 3.03. The zero-order valence-electron chi connectivity index (χ0n) is 8.46. The first-order valence-electron chi connectivity index (χ1n) is 4.64.